The van der Waals surface area contributed by atoms with Gasteiger partial charge in [0.05, 0.1) is 0 Å². The van der Waals surface area contributed by atoms with Crippen LogP contribution >= 0.6 is 0 Å². The largest absolute Gasteiger partial charge is 0.482 e. The van der Waals surface area contributed by atoms with Gasteiger partial charge in [-0.25, -0.2) is 4.79 Å². The summed E-state index contributed by atoms with van der Waals surface area (Å²) in [6, 6.07) is 6.79. The molecule has 1 fully saturated rings. The first kappa shape index (κ1) is 14.4. The smallest absolute Gasteiger partial charge is 0.341 e. The lowest BCUT2D eigenvalue weighted by atomic mass is 10.0. The van der Waals surface area contributed by atoms with Crippen LogP contribution < -0.4 is 10.1 Å². The molecule has 0 saturated heterocycles. The number of hydrogen-bond donors (Lipinski definition) is 2. The second-order valence-electron chi connectivity index (χ2n) is 5.11. The van der Waals surface area contributed by atoms with Gasteiger partial charge in [0.25, 0.3) is 0 Å². The van der Waals surface area contributed by atoms with Crippen molar-refractivity contribution in [3.63, 3.8) is 0 Å². The van der Waals surface area contributed by atoms with Gasteiger partial charge in [-0.2, -0.15) is 0 Å². The molecule has 0 unspecified atom stereocenters. The summed E-state index contributed by atoms with van der Waals surface area (Å²) in [4.78, 5) is 22.3. The third-order valence-corrected chi connectivity index (χ3v) is 3.43. The molecule has 0 spiro atoms. The Hall–Kier alpha value is -2.04. The number of anilines is 1. The molecule has 0 atom stereocenters. The number of hydrogen-bond acceptors (Lipinski definition) is 3. The van der Waals surface area contributed by atoms with Gasteiger partial charge < -0.3 is 15.2 Å². The first-order valence-corrected chi connectivity index (χ1v) is 6.88. The van der Waals surface area contributed by atoms with Crippen molar-refractivity contribution < 1.29 is 19.4 Å². The molecule has 1 aromatic carbocycles. The second kappa shape index (κ2) is 6.93. The number of carboxylic acid groups (broad SMARTS) is 1. The summed E-state index contributed by atoms with van der Waals surface area (Å²) in [5.74, 6) is -0.0829. The average molecular weight is 277 g/mol. The van der Waals surface area contributed by atoms with Crippen LogP contribution in [0.4, 0.5) is 5.69 Å². The second-order valence-corrected chi connectivity index (χ2v) is 5.11. The van der Waals surface area contributed by atoms with Crippen molar-refractivity contribution in [1.29, 1.82) is 0 Å². The van der Waals surface area contributed by atoms with Crippen LogP contribution in [0.15, 0.2) is 24.3 Å². The van der Waals surface area contributed by atoms with Crippen LogP contribution in [0.5, 0.6) is 5.75 Å². The number of benzene rings is 1. The predicted molar refractivity (Wildman–Crippen MR) is 74.8 cm³/mol. The Morgan fingerprint density at radius 1 is 1.30 bits per heavy atom. The molecule has 5 nitrogen and oxygen atoms in total. The van der Waals surface area contributed by atoms with Crippen molar-refractivity contribution in [1.82, 2.24) is 0 Å². The van der Waals surface area contributed by atoms with E-state index in [4.69, 9.17) is 9.84 Å². The van der Waals surface area contributed by atoms with Crippen molar-refractivity contribution in [2.24, 2.45) is 5.92 Å². The zero-order valence-corrected chi connectivity index (χ0v) is 11.3. The van der Waals surface area contributed by atoms with Gasteiger partial charge in [0.1, 0.15) is 5.75 Å². The number of carbonyl (C=O) groups is 2. The first-order valence-electron chi connectivity index (χ1n) is 6.88. The number of amides is 1. The Bertz CT molecular complexity index is 481. The minimum Gasteiger partial charge on any atom is -0.482 e. The fourth-order valence-corrected chi connectivity index (χ4v) is 2.50. The summed E-state index contributed by atoms with van der Waals surface area (Å²) >= 11 is 0. The van der Waals surface area contributed by atoms with Crippen LogP contribution in [0.2, 0.25) is 0 Å². The first-order chi connectivity index (χ1) is 9.63. The van der Waals surface area contributed by atoms with Crippen LogP contribution in [0.1, 0.15) is 32.1 Å². The minimum absolute atomic E-state index is 0.00674. The van der Waals surface area contributed by atoms with Gasteiger partial charge in [0, 0.05) is 18.2 Å². The molecule has 20 heavy (non-hydrogen) atoms. The van der Waals surface area contributed by atoms with Crippen LogP contribution in [0, 0.1) is 5.92 Å². The molecule has 0 aromatic heterocycles. The quantitative estimate of drug-likeness (QED) is 0.838. The van der Waals surface area contributed by atoms with E-state index in [9.17, 15) is 9.59 Å². The molecule has 108 valence electrons. The standard InChI is InChI=1S/C15H19NO4/c17-14(8-11-4-1-2-5-11)16-12-6-3-7-13(9-12)20-10-15(18)19/h3,6-7,9,11H,1-2,4-5,8,10H2,(H,16,17)(H,18,19). The lowest BCUT2D eigenvalue weighted by Gasteiger charge is -2.10. The van der Waals surface area contributed by atoms with E-state index in [1.165, 1.54) is 12.8 Å². The van der Waals surface area contributed by atoms with Crippen molar-refractivity contribution in [3.8, 4) is 5.75 Å². The molecule has 1 aliphatic rings. The van der Waals surface area contributed by atoms with Crippen molar-refractivity contribution in [3.05, 3.63) is 24.3 Å². The summed E-state index contributed by atoms with van der Waals surface area (Å²) in [5.41, 5.74) is 0.635. The molecule has 5 heteroatoms. The minimum atomic E-state index is -1.03. The SMILES string of the molecule is O=C(O)COc1cccc(NC(=O)CC2CCCC2)c1. The molecule has 2 N–H and O–H groups in total. The van der Waals surface area contributed by atoms with Gasteiger partial charge in [-0.15, -0.1) is 0 Å². The Morgan fingerprint density at radius 3 is 2.75 bits per heavy atom. The molecule has 1 amide bonds. The van der Waals surface area contributed by atoms with Gasteiger partial charge in [0.2, 0.25) is 5.91 Å². The van der Waals surface area contributed by atoms with E-state index >= 15 is 0 Å². The Labute approximate surface area is 117 Å². The molecule has 2 rings (SSSR count). The number of carboxylic acids is 1. The maximum atomic E-state index is 11.9. The molecule has 0 aliphatic heterocycles. The van der Waals surface area contributed by atoms with Crippen molar-refractivity contribution >= 4 is 17.6 Å². The highest BCUT2D eigenvalue weighted by molar-refractivity contribution is 5.91. The summed E-state index contributed by atoms with van der Waals surface area (Å²) in [6.07, 6.45) is 5.26. The van der Waals surface area contributed by atoms with Gasteiger partial charge in [-0.3, -0.25) is 4.79 Å². The fourth-order valence-electron chi connectivity index (χ4n) is 2.50. The Morgan fingerprint density at radius 2 is 2.05 bits per heavy atom. The monoisotopic (exact) mass is 277 g/mol. The third-order valence-electron chi connectivity index (χ3n) is 3.43. The number of rotatable bonds is 6. The van der Waals surface area contributed by atoms with E-state index in [0.717, 1.165) is 12.8 Å². The van der Waals surface area contributed by atoms with E-state index in [2.05, 4.69) is 5.32 Å². The average Bonchev–Trinajstić information content (AvgIpc) is 2.89. The number of carbonyl (C=O) groups excluding carboxylic acids is 1. The topological polar surface area (TPSA) is 75.6 Å². The Balaban J connectivity index is 1.86. The highest BCUT2D eigenvalue weighted by atomic mass is 16.5. The van der Waals surface area contributed by atoms with E-state index in [1.807, 2.05) is 0 Å². The lowest BCUT2D eigenvalue weighted by molar-refractivity contribution is -0.139. The van der Waals surface area contributed by atoms with E-state index in [0.29, 0.717) is 23.8 Å². The summed E-state index contributed by atoms with van der Waals surface area (Å²) in [6.45, 7) is -0.389. The third kappa shape index (κ3) is 4.57. The highest BCUT2D eigenvalue weighted by Crippen LogP contribution is 2.28. The van der Waals surface area contributed by atoms with Crippen LogP contribution in [0.3, 0.4) is 0 Å². The van der Waals surface area contributed by atoms with Crippen molar-refractivity contribution in [2.75, 3.05) is 11.9 Å². The molecule has 1 aromatic rings. The molecule has 1 saturated carbocycles. The molecule has 0 radical (unpaired) electrons. The van der Waals surface area contributed by atoms with Gasteiger partial charge in [-0.1, -0.05) is 18.9 Å². The molecular formula is C15H19NO4. The van der Waals surface area contributed by atoms with Gasteiger partial charge in [-0.05, 0) is 30.9 Å². The fraction of sp³-hybridized carbons (Fsp3) is 0.467. The Kier molecular flexibility index (Phi) is 4.98. The summed E-state index contributed by atoms with van der Waals surface area (Å²) in [5, 5.41) is 11.4. The molecule has 0 bridgehead atoms. The van der Waals surface area contributed by atoms with Crippen LogP contribution in [-0.4, -0.2) is 23.6 Å². The molecule has 0 heterocycles. The van der Waals surface area contributed by atoms with E-state index in [1.54, 1.807) is 24.3 Å². The van der Waals surface area contributed by atoms with Gasteiger partial charge >= 0.3 is 5.97 Å². The number of nitrogens with one attached hydrogen (secondary N) is 1. The number of ether oxygens (including phenoxy) is 1. The van der Waals surface area contributed by atoms with E-state index in [-0.39, 0.29) is 12.5 Å². The molecular weight excluding hydrogens is 258 g/mol. The zero-order chi connectivity index (χ0) is 14.4. The van der Waals surface area contributed by atoms with Crippen LogP contribution in [-0.2, 0) is 9.59 Å². The predicted octanol–water partition coefficient (Wildman–Crippen LogP) is 2.67. The normalized spacial score (nSPS) is 15.0. The maximum absolute atomic E-state index is 11.9. The summed E-state index contributed by atoms with van der Waals surface area (Å²) in [7, 11) is 0. The zero-order valence-electron chi connectivity index (χ0n) is 11.3. The summed E-state index contributed by atoms with van der Waals surface area (Å²) < 4.78 is 5.07. The van der Waals surface area contributed by atoms with Gasteiger partial charge in [0.15, 0.2) is 6.61 Å². The highest BCUT2D eigenvalue weighted by Gasteiger charge is 2.18. The maximum Gasteiger partial charge on any atom is 0.341 e. The van der Waals surface area contributed by atoms with E-state index < -0.39 is 5.97 Å². The number of aliphatic carboxylic acids is 1. The lowest BCUT2D eigenvalue weighted by Crippen LogP contribution is -2.15. The molecule has 1 aliphatic carbocycles. The van der Waals surface area contributed by atoms with Crippen molar-refractivity contribution in [2.45, 2.75) is 32.1 Å². The van der Waals surface area contributed by atoms with Crippen LogP contribution in [0.25, 0.3) is 0 Å².